The molecule has 5 nitrogen and oxygen atoms in total. The van der Waals surface area contributed by atoms with Crippen molar-refractivity contribution in [1.29, 1.82) is 0 Å². The van der Waals surface area contributed by atoms with Crippen LogP contribution in [-0.2, 0) is 4.79 Å². The molecule has 1 aromatic carbocycles. The fraction of sp³-hybridized carbons (Fsp3) is 0.100. The van der Waals surface area contributed by atoms with Crippen molar-refractivity contribution in [2.45, 2.75) is 0 Å². The Morgan fingerprint density at radius 2 is 1.75 bits per heavy atom. The number of hydrogen-bond acceptors (Lipinski definition) is 3. The van der Waals surface area contributed by atoms with Gasteiger partial charge in [-0.25, -0.2) is 0 Å². The first-order valence-electron chi connectivity index (χ1n) is 4.37. The number of halogens is 1. The summed E-state index contributed by atoms with van der Waals surface area (Å²) in [5.41, 5.74) is 5.31. The van der Waals surface area contributed by atoms with Gasteiger partial charge in [-0.05, 0) is 23.7 Å². The molecule has 0 radical (unpaired) electrons. The first-order valence-corrected chi connectivity index (χ1v) is 4.75. The molecule has 2 amide bonds. The number of nitrogens with one attached hydrogen (secondary N) is 1. The molecule has 0 saturated heterocycles. The molecule has 0 saturated carbocycles. The standard InChI is InChI=1S/C10H9ClN2O3/c11-8(14)5-13-10(16)7-4-2-1-3-6(7)9(12)15/h1-4H,5H2,(H2,12,15)(H,13,16). The van der Waals surface area contributed by atoms with Gasteiger partial charge in [0.2, 0.25) is 11.1 Å². The van der Waals surface area contributed by atoms with E-state index in [1.807, 2.05) is 0 Å². The number of hydrogen-bond donors (Lipinski definition) is 2. The maximum Gasteiger partial charge on any atom is 0.252 e. The van der Waals surface area contributed by atoms with Crippen molar-refractivity contribution in [2.24, 2.45) is 5.73 Å². The molecule has 0 bridgehead atoms. The second-order valence-corrected chi connectivity index (χ2v) is 3.37. The molecule has 0 spiro atoms. The SMILES string of the molecule is NC(=O)c1ccccc1C(=O)NCC(=O)Cl. The van der Waals surface area contributed by atoms with Crippen molar-refractivity contribution in [3.8, 4) is 0 Å². The Morgan fingerprint density at radius 3 is 2.25 bits per heavy atom. The fourth-order valence-electron chi connectivity index (χ4n) is 1.14. The molecule has 6 heteroatoms. The van der Waals surface area contributed by atoms with Gasteiger partial charge in [0, 0.05) is 0 Å². The van der Waals surface area contributed by atoms with Gasteiger partial charge in [-0.15, -0.1) is 0 Å². The summed E-state index contributed by atoms with van der Waals surface area (Å²) in [5, 5.41) is 1.58. The molecule has 0 unspecified atom stereocenters. The van der Waals surface area contributed by atoms with E-state index in [9.17, 15) is 14.4 Å². The zero-order chi connectivity index (χ0) is 12.1. The van der Waals surface area contributed by atoms with E-state index in [1.54, 1.807) is 12.1 Å². The third-order valence-electron chi connectivity index (χ3n) is 1.83. The number of carbonyl (C=O) groups is 3. The Kier molecular flexibility index (Phi) is 4.02. The van der Waals surface area contributed by atoms with E-state index in [0.29, 0.717) is 0 Å². The molecule has 84 valence electrons. The number of nitrogens with two attached hydrogens (primary N) is 1. The lowest BCUT2D eigenvalue weighted by Crippen LogP contribution is -2.29. The normalized spacial score (nSPS) is 9.56. The molecule has 0 fully saturated rings. The zero-order valence-corrected chi connectivity index (χ0v) is 8.95. The molecule has 0 aliphatic carbocycles. The van der Waals surface area contributed by atoms with Crippen LogP contribution in [0, 0.1) is 0 Å². The third-order valence-corrected chi connectivity index (χ3v) is 1.96. The summed E-state index contributed by atoms with van der Waals surface area (Å²) >= 11 is 5.07. The third kappa shape index (κ3) is 3.06. The maximum absolute atomic E-state index is 11.5. The first-order chi connectivity index (χ1) is 7.52. The van der Waals surface area contributed by atoms with Crippen molar-refractivity contribution in [3.63, 3.8) is 0 Å². The lowest BCUT2D eigenvalue weighted by atomic mass is 10.1. The minimum atomic E-state index is -0.706. The largest absolute Gasteiger partial charge is 0.366 e. The van der Waals surface area contributed by atoms with Gasteiger partial charge in [0.05, 0.1) is 17.7 Å². The lowest BCUT2D eigenvalue weighted by molar-refractivity contribution is -0.110. The van der Waals surface area contributed by atoms with E-state index in [2.05, 4.69) is 5.32 Å². The number of rotatable bonds is 4. The molecule has 0 aliphatic heterocycles. The molecule has 16 heavy (non-hydrogen) atoms. The monoisotopic (exact) mass is 240 g/mol. The van der Waals surface area contributed by atoms with Gasteiger partial charge in [0.25, 0.3) is 5.91 Å². The summed E-state index contributed by atoms with van der Waals surface area (Å²) in [5.74, 6) is -1.27. The molecule has 0 atom stereocenters. The van der Waals surface area contributed by atoms with Gasteiger partial charge in [-0.2, -0.15) is 0 Å². The fourth-order valence-corrected chi connectivity index (χ4v) is 1.21. The van der Waals surface area contributed by atoms with Gasteiger partial charge < -0.3 is 11.1 Å². The highest BCUT2D eigenvalue weighted by Crippen LogP contribution is 2.07. The number of primary amides is 1. The van der Waals surface area contributed by atoms with E-state index in [1.165, 1.54) is 12.1 Å². The van der Waals surface area contributed by atoms with E-state index < -0.39 is 17.1 Å². The van der Waals surface area contributed by atoms with Crippen LogP contribution >= 0.6 is 11.6 Å². The van der Waals surface area contributed by atoms with Crippen molar-refractivity contribution in [1.82, 2.24) is 5.32 Å². The van der Waals surface area contributed by atoms with Crippen molar-refractivity contribution < 1.29 is 14.4 Å². The summed E-state index contributed by atoms with van der Waals surface area (Å²) in [6, 6.07) is 6.04. The van der Waals surface area contributed by atoms with Crippen LogP contribution in [0.5, 0.6) is 0 Å². The van der Waals surface area contributed by atoms with Crippen molar-refractivity contribution >= 4 is 28.7 Å². The summed E-state index contributed by atoms with van der Waals surface area (Å²) in [6.07, 6.45) is 0. The minimum Gasteiger partial charge on any atom is -0.366 e. The van der Waals surface area contributed by atoms with Crippen LogP contribution in [0.25, 0.3) is 0 Å². The Balaban J connectivity index is 2.90. The molecular formula is C10H9ClN2O3. The molecule has 1 rings (SSSR count). The van der Waals surface area contributed by atoms with Crippen LogP contribution in [0.3, 0.4) is 0 Å². The zero-order valence-electron chi connectivity index (χ0n) is 8.20. The second kappa shape index (κ2) is 5.27. The first kappa shape index (κ1) is 12.2. The maximum atomic E-state index is 11.5. The number of benzene rings is 1. The highest BCUT2D eigenvalue weighted by atomic mass is 35.5. The Labute approximate surface area is 96.6 Å². The van der Waals surface area contributed by atoms with E-state index in [4.69, 9.17) is 17.3 Å². The summed E-state index contributed by atoms with van der Waals surface area (Å²) < 4.78 is 0. The van der Waals surface area contributed by atoms with Crippen LogP contribution in [0.15, 0.2) is 24.3 Å². The van der Waals surface area contributed by atoms with Gasteiger partial charge in [0.1, 0.15) is 0 Å². The average molecular weight is 241 g/mol. The van der Waals surface area contributed by atoms with Crippen molar-refractivity contribution in [2.75, 3.05) is 6.54 Å². The van der Waals surface area contributed by atoms with Gasteiger partial charge in [0.15, 0.2) is 0 Å². The van der Waals surface area contributed by atoms with Gasteiger partial charge >= 0.3 is 0 Å². The highest BCUT2D eigenvalue weighted by molar-refractivity contribution is 6.64. The molecule has 3 N–H and O–H groups in total. The van der Waals surface area contributed by atoms with Crippen LogP contribution in [0.2, 0.25) is 0 Å². The predicted octanol–water partition coefficient (Wildman–Crippen LogP) is 0.281. The second-order valence-electron chi connectivity index (χ2n) is 2.95. The van der Waals surface area contributed by atoms with E-state index in [-0.39, 0.29) is 17.7 Å². The van der Waals surface area contributed by atoms with Crippen molar-refractivity contribution in [3.05, 3.63) is 35.4 Å². The van der Waals surface area contributed by atoms with Crippen LogP contribution in [0.4, 0.5) is 0 Å². The van der Waals surface area contributed by atoms with E-state index >= 15 is 0 Å². The molecule has 1 aromatic rings. The lowest BCUT2D eigenvalue weighted by Gasteiger charge is -2.05. The predicted molar refractivity (Wildman–Crippen MR) is 58.2 cm³/mol. The van der Waals surface area contributed by atoms with Crippen LogP contribution in [-0.4, -0.2) is 23.6 Å². The Bertz CT molecular complexity index is 445. The smallest absolute Gasteiger partial charge is 0.252 e. The summed E-state index contributed by atoms with van der Waals surface area (Å²) in [6.45, 7) is -0.298. The minimum absolute atomic E-state index is 0.0991. The average Bonchev–Trinajstić information content (AvgIpc) is 2.25. The van der Waals surface area contributed by atoms with Crippen LogP contribution < -0.4 is 11.1 Å². The quantitative estimate of drug-likeness (QED) is 0.741. The summed E-state index contributed by atoms with van der Waals surface area (Å²) in [4.78, 5) is 33.0. The Morgan fingerprint density at radius 1 is 1.19 bits per heavy atom. The van der Waals surface area contributed by atoms with Gasteiger partial charge in [-0.1, -0.05) is 12.1 Å². The molecule has 0 aromatic heterocycles. The number of carbonyl (C=O) groups excluding carboxylic acids is 3. The molecule has 0 heterocycles. The number of amides is 2. The molecule has 0 aliphatic rings. The van der Waals surface area contributed by atoms with E-state index in [0.717, 1.165) is 0 Å². The van der Waals surface area contributed by atoms with Crippen LogP contribution in [0.1, 0.15) is 20.7 Å². The summed E-state index contributed by atoms with van der Waals surface area (Å²) in [7, 11) is 0. The Hall–Kier alpha value is -1.88. The topological polar surface area (TPSA) is 89.3 Å². The highest BCUT2D eigenvalue weighted by Gasteiger charge is 2.14. The van der Waals surface area contributed by atoms with Gasteiger partial charge in [-0.3, -0.25) is 14.4 Å². The molecular weight excluding hydrogens is 232 g/mol.